The summed E-state index contributed by atoms with van der Waals surface area (Å²) >= 11 is 7.09. The summed E-state index contributed by atoms with van der Waals surface area (Å²) in [5, 5.41) is 4.88. The first-order chi connectivity index (χ1) is 14.2. The molecule has 2 aromatic carbocycles. The Morgan fingerprint density at radius 3 is 2.63 bits per heavy atom. The number of carbonyl (C=O) groups is 2. The first kappa shape index (κ1) is 21.8. The average Bonchev–Trinajstić information content (AvgIpc) is 3.13. The molecule has 1 heterocycles. The van der Waals surface area contributed by atoms with Crippen LogP contribution in [0.1, 0.15) is 16.1 Å². The smallest absolute Gasteiger partial charge is 0.264 e. The van der Waals surface area contributed by atoms with E-state index in [0.717, 1.165) is 15.6 Å². The summed E-state index contributed by atoms with van der Waals surface area (Å²) in [6.45, 7) is 0. The molecule has 0 aliphatic rings. The number of carbonyl (C=O) groups excluding carboxylic acids is 2. The van der Waals surface area contributed by atoms with Gasteiger partial charge in [-0.05, 0) is 36.4 Å². The molecular weight excluding hydrogens is 448 g/mol. The molecule has 0 aliphatic carbocycles. The minimum Gasteiger partial charge on any atom is -0.369 e. The third-order valence-electron chi connectivity index (χ3n) is 4.05. The van der Waals surface area contributed by atoms with E-state index in [1.807, 2.05) is 0 Å². The first-order valence-corrected chi connectivity index (χ1v) is 11.2. The molecule has 0 unspecified atom stereocenters. The molecule has 0 saturated heterocycles. The monoisotopic (exact) mass is 464 g/mol. The fraction of sp³-hybridized carbons (Fsp3) is 0.105. The zero-order valence-corrected chi connectivity index (χ0v) is 18.1. The Bertz CT molecular complexity index is 1210. The lowest BCUT2D eigenvalue weighted by Gasteiger charge is -2.20. The number of aromatic nitrogens is 1. The molecule has 0 saturated carbocycles. The van der Waals surface area contributed by atoms with Crippen molar-refractivity contribution in [2.75, 3.05) is 16.7 Å². The maximum absolute atomic E-state index is 13.0. The highest BCUT2D eigenvalue weighted by Crippen LogP contribution is 2.25. The number of thiazole rings is 1. The maximum Gasteiger partial charge on any atom is 0.264 e. The topological polar surface area (TPSA) is 122 Å². The molecular formula is C19H17ClN4O4S2. The van der Waals surface area contributed by atoms with Crippen LogP contribution in [0.3, 0.4) is 0 Å². The predicted octanol–water partition coefficient (Wildman–Crippen LogP) is 2.90. The van der Waals surface area contributed by atoms with E-state index in [-0.39, 0.29) is 22.0 Å². The lowest BCUT2D eigenvalue weighted by molar-refractivity contribution is -0.117. The van der Waals surface area contributed by atoms with Crippen molar-refractivity contribution in [3.63, 3.8) is 0 Å². The van der Waals surface area contributed by atoms with Crippen molar-refractivity contribution < 1.29 is 18.0 Å². The lowest BCUT2D eigenvalue weighted by Crippen LogP contribution is -2.26. The van der Waals surface area contributed by atoms with E-state index in [2.05, 4.69) is 10.3 Å². The van der Waals surface area contributed by atoms with Gasteiger partial charge in [-0.1, -0.05) is 23.7 Å². The highest BCUT2D eigenvalue weighted by atomic mass is 35.5. The second-order valence-corrected chi connectivity index (χ2v) is 9.49. The van der Waals surface area contributed by atoms with Crippen LogP contribution in [0.4, 0.5) is 10.8 Å². The van der Waals surface area contributed by atoms with Crippen molar-refractivity contribution in [3.05, 3.63) is 70.2 Å². The van der Waals surface area contributed by atoms with Crippen molar-refractivity contribution in [1.29, 1.82) is 0 Å². The molecule has 0 fully saturated rings. The Balaban J connectivity index is 1.82. The van der Waals surface area contributed by atoms with Crippen LogP contribution in [0.25, 0.3) is 0 Å². The molecule has 3 rings (SSSR count). The standard InChI is InChI=1S/C19H17ClN4O4S2/c1-24(15-6-3-5-13(20)9-15)30(27,28)16-7-2-4-12(8-16)18(26)23-19-22-14(11-29-19)10-17(21)25/h2-9,11H,10H2,1H3,(H2,21,25)(H,22,23,26). The highest BCUT2D eigenvalue weighted by molar-refractivity contribution is 7.92. The molecule has 3 N–H and O–H groups in total. The number of benzene rings is 2. The number of halogens is 1. The third-order valence-corrected chi connectivity index (χ3v) is 6.88. The largest absolute Gasteiger partial charge is 0.369 e. The van der Waals surface area contributed by atoms with Gasteiger partial charge in [0.05, 0.1) is 22.7 Å². The molecule has 0 atom stereocenters. The van der Waals surface area contributed by atoms with Crippen molar-refractivity contribution in [3.8, 4) is 0 Å². The van der Waals surface area contributed by atoms with Gasteiger partial charge in [0, 0.05) is 23.0 Å². The quantitative estimate of drug-likeness (QED) is 0.556. The molecule has 30 heavy (non-hydrogen) atoms. The Morgan fingerprint density at radius 1 is 1.20 bits per heavy atom. The second kappa shape index (κ2) is 8.82. The van der Waals surface area contributed by atoms with E-state index in [1.165, 1.54) is 37.4 Å². The molecule has 0 aliphatic heterocycles. The van der Waals surface area contributed by atoms with Crippen LogP contribution in [-0.2, 0) is 21.2 Å². The lowest BCUT2D eigenvalue weighted by atomic mass is 10.2. The summed E-state index contributed by atoms with van der Waals surface area (Å²) < 4.78 is 27.1. The summed E-state index contributed by atoms with van der Waals surface area (Å²) in [6, 6.07) is 12.1. The number of amides is 2. The maximum atomic E-state index is 13.0. The van der Waals surface area contributed by atoms with E-state index in [4.69, 9.17) is 17.3 Å². The van der Waals surface area contributed by atoms with Crippen molar-refractivity contribution in [1.82, 2.24) is 4.98 Å². The molecule has 11 heteroatoms. The second-order valence-electron chi connectivity index (χ2n) is 6.22. The van der Waals surface area contributed by atoms with Gasteiger partial charge < -0.3 is 5.73 Å². The molecule has 0 spiro atoms. The van der Waals surface area contributed by atoms with Gasteiger partial charge in [-0.3, -0.25) is 19.2 Å². The van der Waals surface area contributed by atoms with Crippen LogP contribution in [-0.4, -0.2) is 32.3 Å². The SMILES string of the molecule is CN(c1cccc(Cl)c1)S(=O)(=O)c1cccc(C(=O)Nc2nc(CC(N)=O)cs2)c1. The Morgan fingerprint density at radius 2 is 1.93 bits per heavy atom. The van der Waals surface area contributed by atoms with Crippen LogP contribution in [0.2, 0.25) is 5.02 Å². The minimum atomic E-state index is -3.92. The Kier molecular flexibility index (Phi) is 6.40. The van der Waals surface area contributed by atoms with E-state index < -0.39 is 21.8 Å². The van der Waals surface area contributed by atoms with Gasteiger partial charge in [0.25, 0.3) is 15.9 Å². The number of sulfonamides is 1. The average molecular weight is 465 g/mol. The van der Waals surface area contributed by atoms with Gasteiger partial charge in [0.2, 0.25) is 5.91 Å². The van der Waals surface area contributed by atoms with Gasteiger partial charge in [-0.2, -0.15) is 0 Å². The number of hydrogen-bond donors (Lipinski definition) is 2. The summed E-state index contributed by atoms with van der Waals surface area (Å²) in [4.78, 5) is 27.6. The predicted molar refractivity (Wildman–Crippen MR) is 116 cm³/mol. The molecule has 0 bridgehead atoms. The fourth-order valence-corrected chi connectivity index (χ4v) is 4.68. The van der Waals surface area contributed by atoms with Crippen LogP contribution in [0.15, 0.2) is 58.8 Å². The number of anilines is 2. The van der Waals surface area contributed by atoms with Crippen LogP contribution in [0, 0.1) is 0 Å². The van der Waals surface area contributed by atoms with Crippen molar-refractivity contribution >= 4 is 55.6 Å². The third kappa shape index (κ3) is 4.96. The number of rotatable bonds is 7. The fourth-order valence-electron chi connectivity index (χ4n) is 2.56. The van der Waals surface area contributed by atoms with Crippen LogP contribution in [0.5, 0.6) is 0 Å². The molecule has 3 aromatic rings. The molecule has 8 nitrogen and oxygen atoms in total. The molecule has 0 radical (unpaired) electrons. The van der Waals surface area contributed by atoms with Gasteiger partial charge in [0.1, 0.15) is 0 Å². The molecule has 1 aromatic heterocycles. The van der Waals surface area contributed by atoms with Gasteiger partial charge in [0.15, 0.2) is 5.13 Å². The number of nitrogens with two attached hydrogens (primary N) is 1. The zero-order valence-electron chi connectivity index (χ0n) is 15.7. The van der Waals surface area contributed by atoms with Gasteiger partial charge >= 0.3 is 0 Å². The molecule has 2 amide bonds. The number of hydrogen-bond acceptors (Lipinski definition) is 6. The number of nitrogens with one attached hydrogen (secondary N) is 1. The van der Waals surface area contributed by atoms with E-state index >= 15 is 0 Å². The van der Waals surface area contributed by atoms with Crippen LogP contribution < -0.4 is 15.4 Å². The summed E-state index contributed by atoms with van der Waals surface area (Å²) in [5.41, 5.74) is 6.11. The number of primary amides is 1. The van der Waals surface area contributed by atoms with Crippen LogP contribution >= 0.6 is 22.9 Å². The normalized spacial score (nSPS) is 11.1. The Hall–Kier alpha value is -2.95. The van der Waals surface area contributed by atoms with E-state index in [0.29, 0.717) is 16.4 Å². The van der Waals surface area contributed by atoms with Gasteiger partial charge in [-0.25, -0.2) is 13.4 Å². The summed E-state index contributed by atoms with van der Waals surface area (Å²) in [5.74, 6) is -1.06. The highest BCUT2D eigenvalue weighted by Gasteiger charge is 2.23. The van der Waals surface area contributed by atoms with E-state index in [9.17, 15) is 18.0 Å². The van der Waals surface area contributed by atoms with Gasteiger partial charge in [-0.15, -0.1) is 11.3 Å². The molecule has 156 valence electrons. The number of nitrogens with zero attached hydrogens (tertiary/aromatic N) is 2. The Labute approximate surface area is 182 Å². The van der Waals surface area contributed by atoms with Crippen molar-refractivity contribution in [2.45, 2.75) is 11.3 Å². The summed E-state index contributed by atoms with van der Waals surface area (Å²) in [6.07, 6.45) is -0.0318. The zero-order chi connectivity index (χ0) is 21.9. The van der Waals surface area contributed by atoms with E-state index in [1.54, 1.807) is 23.6 Å². The minimum absolute atomic E-state index is 0.0318. The summed E-state index contributed by atoms with van der Waals surface area (Å²) in [7, 11) is -2.51. The van der Waals surface area contributed by atoms with Crippen molar-refractivity contribution in [2.24, 2.45) is 5.73 Å². The first-order valence-electron chi connectivity index (χ1n) is 8.55.